The van der Waals surface area contributed by atoms with Gasteiger partial charge in [0.1, 0.15) is 0 Å². The number of benzene rings is 1. The lowest BCUT2D eigenvalue weighted by Crippen LogP contribution is -2.42. The minimum Gasteiger partial charge on any atom is -0.390 e. The van der Waals surface area contributed by atoms with E-state index in [4.69, 9.17) is 0 Å². The Kier molecular flexibility index (Phi) is 7.50. The molecule has 1 aromatic carbocycles. The summed E-state index contributed by atoms with van der Waals surface area (Å²) in [6.07, 6.45) is 3.41. The molecule has 0 bridgehead atoms. The van der Waals surface area contributed by atoms with E-state index in [0.717, 1.165) is 19.5 Å². The quantitative estimate of drug-likeness (QED) is 0.864. The van der Waals surface area contributed by atoms with Crippen LogP contribution in [0.25, 0.3) is 0 Å². The highest BCUT2D eigenvalue weighted by Gasteiger charge is 2.19. The molecular weight excluding hydrogens is 316 g/mol. The van der Waals surface area contributed by atoms with E-state index in [1.165, 1.54) is 23.5 Å². The van der Waals surface area contributed by atoms with E-state index in [1.807, 2.05) is 19.9 Å². The fourth-order valence-corrected chi connectivity index (χ4v) is 2.78. The van der Waals surface area contributed by atoms with Crippen LogP contribution in [0.2, 0.25) is 0 Å². The molecule has 1 aliphatic heterocycles. The molecule has 0 aliphatic carbocycles. The Morgan fingerprint density at radius 1 is 1.20 bits per heavy atom. The summed E-state index contributed by atoms with van der Waals surface area (Å²) in [6, 6.07) is 10.0. The number of hydrogen-bond acceptors (Lipinski definition) is 5. The molecule has 1 aromatic heterocycles. The monoisotopic (exact) mass is 342 g/mol. The molecule has 0 spiro atoms. The van der Waals surface area contributed by atoms with Gasteiger partial charge in [-0.3, -0.25) is 9.69 Å². The minimum atomic E-state index is -0.618. The molecule has 1 atom stereocenters. The summed E-state index contributed by atoms with van der Waals surface area (Å²) in [4.78, 5) is 21.8. The van der Waals surface area contributed by atoms with Crippen molar-refractivity contribution in [2.75, 3.05) is 19.6 Å². The molecule has 1 amide bonds. The highest BCUT2D eigenvalue weighted by Crippen LogP contribution is 2.18. The first-order valence-electron chi connectivity index (χ1n) is 8.75. The van der Waals surface area contributed by atoms with Gasteiger partial charge < -0.3 is 10.4 Å². The largest absolute Gasteiger partial charge is 0.390 e. The van der Waals surface area contributed by atoms with Crippen LogP contribution < -0.4 is 5.32 Å². The summed E-state index contributed by atoms with van der Waals surface area (Å²) in [6.45, 7) is 6.48. The smallest absolute Gasteiger partial charge is 0.289 e. The highest BCUT2D eigenvalue weighted by molar-refractivity contribution is 5.90. The molecule has 1 aliphatic rings. The number of rotatable bonds is 5. The number of nitrogens with zero attached hydrogens (tertiary/aromatic N) is 3. The van der Waals surface area contributed by atoms with Crippen LogP contribution in [-0.4, -0.2) is 51.6 Å². The van der Waals surface area contributed by atoms with Gasteiger partial charge in [0.05, 0.1) is 6.10 Å². The number of hydrogen-bond donors (Lipinski definition) is 2. The number of carbonyl (C=O) groups excluding carboxylic acids is 1. The Bertz CT molecular complexity index is 663. The molecule has 6 nitrogen and oxygen atoms in total. The maximum Gasteiger partial charge on any atom is 0.289 e. The van der Waals surface area contributed by atoms with E-state index in [9.17, 15) is 9.90 Å². The Morgan fingerprint density at radius 2 is 1.88 bits per heavy atom. The third kappa shape index (κ3) is 5.62. The second-order valence-corrected chi connectivity index (χ2v) is 5.69. The van der Waals surface area contributed by atoms with E-state index >= 15 is 0 Å². The molecule has 2 N–H and O–H groups in total. The second-order valence-electron chi connectivity index (χ2n) is 5.69. The molecule has 2 heterocycles. The van der Waals surface area contributed by atoms with Gasteiger partial charge in [-0.2, -0.15) is 0 Å². The van der Waals surface area contributed by atoms with Crippen LogP contribution in [0, 0.1) is 0 Å². The number of aromatic nitrogens is 2. The number of β-amino-alcohol motifs (C(OH)–C–C–N with tert-alkyl or cyclic N) is 1. The van der Waals surface area contributed by atoms with Crippen molar-refractivity contribution in [3.8, 4) is 0 Å². The van der Waals surface area contributed by atoms with Gasteiger partial charge >= 0.3 is 0 Å². The molecule has 3 rings (SSSR count). The van der Waals surface area contributed by atoms with Crippen molar-refractivity contribution in [2.45, 2.75) is 32.9 Å². The van der Waals surface area contributed by atoms with Crippen molar-refractivity contribution in [3.63, 3.8) is 0 Å². The van der Waals surface area contributed by atoms with Crippen molar-refractivity contribution in [1.82, 2.24) is 20.2 Å². The summed E-state index contributed by atoms with van der Waals surface area (Å²) in [5, 5.41) is 12.8. The second kappa shape index (κ2) is 9.86. The highest BCUT2D eigenvalue weighted by atomic mass is 16.3. The predicted octanol–water partition coefficient (Wildman–Crippen LogP) is 1.65. The standard InChI is InChI=1S/C17H20N4O2.C2H6/c22-15(10-20-17(23)16-18-7-3-8-19-16)12-21-9-6-13-4-1-2-5-14(13)11-21;1-2/h1-5,7-8,15,22H,6,9-12H2,(H,20,23);1-2H3. The number of carbonyl (C=O) groups is 1. The van der Waals surface area contributed by atoms with Gasteiger partial charge in [0.15, 0.2) is 0 Å². The van der Waals surface area contributed by atoms with Gasteiger partial charge in [0.25, 0.3) is 5.91 Å². The van der Waals surface area contributed by atoms with Crippen molar-refractivity contribution in [3.05, 3.63) is 59.7 Å². The molecule has 134 valence electrons. The third-order valence-electron chi connectivity index (χ3n) is 3.95. The number of amides is 1. The van der Waals surface area contributed by atoms with Crippen LogP contribution in [0.4, 0.5) is 0 Å². The maximum atomic E-state index is 11.8. The Hall–Kier alpha value is -2.31. The van der Waals surface area contributed by atoms with Gasteiger partial charge in [0, 0.05) is 38.6 Å². The van der Waals surface area contributed by atoms with Crippen LogP contribution in [0.3, 0.4) is 0 Å². The summed E-state index contributed by atoms with van der Waals surface area (Å²) < 4.78 is 0. The lowest BCUT2D eigenvalue weighted by atomic mass is 10.00. The summed E-state index contributed by atoms with van der Waals surface area (Å²) in [5.41, 5.74) is 2.69. The molecular formula is C19H26N4O2. The molecule has 1 unspecified atom stereocenters. The van der Waals surface area contributed by atoms with Crippen LogP contribution >= 0.6 is 0 Å². The van der Waals surface area contributed by atoms with Crippen molar-refractivity contribution >= 4 is 5.91 Å². The first kappa shape index (κ1) is 19.0. The van der Waals surface area contributed by atoms with E-state index in [2.05, 4.69) is 38.4 Å². The lowest BCUT2D eigenvalue weighted by molar-refractivity contribution is 0.0834. The fourth-order valence-electron chi connectivity index (χ4n) is 2.78. The fraction of sp³-hybridized carbons (Fsp3) is 0.421. The molecule has 25 heavy (non-hydrogen) atoms. The SMILES string of the molecule is CC.O=C(NCC(O)CN1CCc2ccccc2C1)c1ncccn1. The third-order valence-corrected chi connectivity index (χ3v) is 3.95. The number of nitrogens with one attached hydrogen (secondary N) is 1. The number of aliphatic hydroxyl groups excluding tert-OH is 1. The zero-order valence-corrected chi connectivity index (χ0v) is 14.9. The zero-order valence-electron chi connectivity index (χ0n) is 14.9. The first-order chi connectivity index (χ1) is 12.2. The molecule has 6 heteroatoms. The molecule has 2 aromatic rings. The van der Waals surface area contributed by atoms with Crippen LogP contribution in [0.1, 0.15) is 35.6 Å². The zero-order chi connectivity index (χ0) is 18.1. The van der Waals surface area contributed by atoms with Gasteiger partial charge in [-0.1, -0.05) is 38.1 Å². The number of aliphatic hydroxyl groups is 1. The average molecular weight is 342 g/mol. The predicted molar refractivity (Wildman–Crippen MR) is 97.1 cm³/mol. The first-order valence-corrected chi connectivity index (χ1v) is 8.75. The Morgan fingerprint density at radius 3 is 2.60 bits per heavy atom. The summed E-state index contributed by atoms with van der Waals surface area (Å²) in [7, 11) is 0. The van der Waals surface area contributed by atoms with E-state index in [1.54, 1.807) is 6.07 Å². The van der Waals surface area contributed by atoms with E-state index < -0.39 is 6.10 Å². The molecule has 0 fully saturated rings. The minimum absolute atomic E-state index is 0.117. The van der Waals surface area contributed by atoms with Gasteiger partial charge in [-0.05, 0) is 23.6 Å². The summed E-state index contributed by atoms with van der Waals surface area (Å²) >= 11 is 0. The van der Waals surface area contributed by atoms with Crippen LogP contribution in [0.5, 0.6) is 0 Å². The topological polar surface area (TPSA) is 78.4 Å². The molecule has 0 saturated heterocycles. The average Bonchev–Trinajstić information content (AvgIpc) is 2.68. The Balaban J connectivity index is 0.00000109. The molecule has 0 radical (unpaired) electrons. The van der Waals surface area contributed by atoms with Gasteiger partial charge in [-0.15, -0.1) is 0 Å². The van der Waals surface area contributed by atoms with E-state index in [-0.39, 0.29) is 18.3 Å². The van der Waals surface area contributed by atoms with Crippen LogP contribution in [0.15, 0.2) is 42.7 Å². The van der Waals surface area contributed by atoms with Crippen LogP contribution in [-0.2, 0) is 13.0 Å². The van der Waals surface area contributed by atoms with Crippen molar-refractivity contribution in [2.24, 2.45) is 0 Å². The van der Waals surface area contributed by atoms with E-state index in [0.29, 0.717) is 6.54 Å². The van der Waals surface area contributed by atoms with Crippen molar-refractivity contribution < 1.29 is 9.90 Å². The van der Waals surface area contributed by atoms with Gasteiger partial charge in [0.2, 0.25) is 5.82 Å². The molecule has 0 saturated carbocycles. The van der Waals surface area contributed by atoms with Gasteiger partial charge in [-0.25, -0.2) is 9.97 Å². The summed E-state index contributed by atoms with van der Waals surface area (Å²) in [5.74, 6) is -0.250. The lowest BCUT2D eigenvalue weighted by Gasteiger charge is -2.30. The Labute approximate surface area is 148 Å². The maximum absolute atomic E-state index is 11.8. The van der Waals surface area contributed by atoms with Crippen molar-refractivity contribution in [1.29, 1.82) is 0 Å². The normalized spacial score (nSPS) is 14.7. The number of fused-ring (bicyclic) bond motifs is 1.